The number of hydrogen-bond acceptors (Lipinski definition) is 10. The molecule has 0 saturated carbocycles. The lowest BCUT2D eigenvalue weighted by Gasteiger charge is -2.33. The summed E-state index contributed by atoms with van der Waals surface area (Å²) < 4.78 is 11.2. The van der Waals surface area contributed by atoms with E-state index in [4.69, 9.17) is 37.4 Å². The van der Waals surface area contributed by atoms with Crippen LogP contribution in [0.4, 0.5) is 11.8 Å². The first-order valence-corrected chi connectivity index (χ1v) is 17.2. The number of ether oxygens (including phenoxy) is 2. The number of carbonyl (C=O) groups excluding carboxylic acids is 1. The fraction of sp³-hybridized carbons (Fsp3) is 0.0930. The highest BCUT2D eigenvalue weighted by atomic mass is 35.5. The van der Waals surface area contributed by atoms with Crippen molar-refractivity contribution in [2.24, 2.45) is 5.16 Å². The number of carboxylic acid groups (broad SMARTS) is 1. The molecule has 0 aliphatic carbocycles. The molecule has 0 aliphatic rings. The molecule has 0 unspecified atom stereocenters. The fourth-order valence-corrected chi connectivity index (χ4v) is 6.29. The van der Waals surface area contributed by atoms with E-state index in [0.717, 1.165) is 5.56 Å². The monoisotopic (exact) mass is 751 g/mol. The lowest BCUT2D eigenvalue weighted by Crippen LogP contribution is -2.33. The molecule has 1 aromatic heterocycles. The molecule has 12 heteroatoms. The Morgan fingerprint density at radius 2 is 1.42 bits per heavy atom. The van der Waals surface area contributed by atoms with Crippen molar-refractivity contribution in [3.63, 3.8) is 0 Å². The number of aliphatic carboxylic acids is 1. The summed E-state index contributed by atoms with van der Waals surface area (Å²) in [6, 6.07) is 35.7. The zero-order valence-corrected chi connectivity index (χ0v) is 30.5. The lowest BCUT2D eigenvalue weighted by molar-refractivity contribution is -0.129. The summed E-state index contributed by atoms with van der Waals surface area (Å²) in [5.41, 5.74) is 13.7. The van der Waals surface area contributed by atoms with Gasteiger partial charge in [-0.15, -0.1) is 0 Å². The maximum Gasteiger partial charge on any atom is 0.362 e. The van der Waals surface area contributed by atoms with E-state index in [1.165, 1.54) is 26.4 Å². The number of carboxylic acids is 1. The van der Waals surface area contributed by atoms with Crippen molar-refractivity contribution in [2.45, 2.75) is 12.0 Å². The number of nitrogen functional groups attached to an aromatic ring is 2. The molecule has 274 valence electrons. The van der Waals surface area contributed by atoms with Crippen LogP contribution in [0.5, 0.6) is 11.5 Å². The van der Waals surface area contributed by atoms with E-state index in [0.29, 0.717) is 51.3 Å². The average Bonchev–Trinajstić information content (AvgIpc) is 3.20. The van der Waals surface area contributed by atoms with Crippen molar-refractivity contribution < 1.29 is 29.0 Å². The molecule has 5 N–H and O–H groups in total. The Morgan fingerprint density at radius 1 is 0.818 bits per heavy atom. The molecule has 55 heavy (non-hydrogen) atoms. The molecule has 11 nitrogen and oxygen atoms in total. The Bertz CT molecular complexity index is 2350. The Kier molecular flexibility index (Phi) is 11.4. The molecule has 6 rings (SSSR count). The second kappa shape index (κ2) is 16.7. The Hall–Kier alpha value is -7.16. The quantitative estimate of drug-likeness (QED) is 0.0297. The number of ketones is 1. The van der Waals surface area contributed by atoms with Crippen LogP contribution in [0.25, 0.3) is 0 Å². The third kappa shape index (κ3) is 8.10. The molecule has 0 aliphatic heterocycles. The fourth-order valence-electron chi connectivity index (χ4n) is 6.02. The molecule has 0 fully saturated rings. The van der Waals surface area contributed by atoms with Gasteiger partial charge in [-0.3, -0.25) is 4.79 Å². The van der Waals surface area contributed by atoms with Crippen LogP contribution in [0.1, 0.15) is 49.3 Å². The molecule has 1 heterocycles. The van der Waals surface area contributed by atoms with Gasteiger partial charge in [0.25, 0.3) is 0 Å². The number of nitrogens with two attached hydrogens (primary N) is 2. The third-order valence-corrected chi connectivity index (χ3v) is 8.95. The Morgan fingerprint density at radius 3 is 1.93 bits per heavy atom. The summed E-state index contributed by atoms with van der Waals surface area (Å²) in [5, 5.41) is 14.3. The van der Waals surface area contributed by atoms with Gasteiger partial charge in [-0.2, -0.15) is 4.98 Å². The summed E-state index contributed by atoms with van der Waals surface area (Å²) in [6.45, 7) is 0. The summed E-state index contributed by atoms with van der Waals surface area (Å²) in [6.07, 6.45) is 1.92. The highest BCUT2D eigenvalue weighted by Gasteiger charge is 2.40. The molecule has 0 amide bonds. The number of oxime groups is 1. The van der Waals surface area contributed by atoms with Crippen LogP contribution in [0, 0.1) is 11.8 Å². The van der Waals surface area contributed by atoms with E-state index in [2.05, 4.69) is 27.0 Å². The molecular weight excluding hydrogens is 718 g/mol. The highest BCUT2D eigenvalue weighted by molar-refractivity contribution is 6.68. The van der Waals surface area contributed by atoms with Crippen molar-refractivity contribution in [1.29, 1.82) is 0 Å². The number of anilines is 2. The topological polar surface area (TPSA) is 172 Å². The third-order valence-electron chi connectivity index (χ3n) is 8.64. The van der Waals surface area contributed by atoms with Gasteiger partial charge >= 0.3 is 5.97 Å². The number of rotatable bonds is 12. The maximum atomic E-state index is 13.8. The minimum absolute atomic E-state index is 0.0386. The van der Waals surface area contributed by atoms with Crippen molar-refractivity contribution >= 4 is 40.8 Å². The largest absolute Gasteiger partial charge is 0.493 e. The normalized spacial score (nSPS) is 11.2. The van der Waals surface area contributed by atoms with Crippen LogP contribution < -0.4 is 20.9 Å². The van der Waals surface area contributed by atoms with Crippen molar-refractivity contribution in [3.8, 4) is 23.3 Å². The number of carbonyl (C=O) groups is 2. The minimum Gasteiger partial charge on any atom is -0.493 e. The molecular formula is C43H34ClN5O6. The summed E-state index contributed by atoms with van der Waals surface area (Å²) in [5.74, 6) is 4.74. The number of hydrogen-bond donors (Lipinski definition) is 3. The number of nitrogens with zero attached hydrogens (tertiary/aromatic N) is 3. The van der Waals surface area contributed by atoms with E-state index >= 15 is 0 Å². The van der Waals surface area contributed by atoms with Gasteiger partial charge < -0.3 is 30.9 Å². The van der Waals surface area contributed by atoms with Crippen LogP contribution in [-0.2, 0) is 21.7 Å². The van der Waals surface area contributed by atoms with Crippen LogP contribution in [-0.4, -0.2) is 46.8 Å². The summed E-state index contributed by atoms with van der Waals surface area (Å²) >= 11 is 6.63. The number of methoxy groups -OCH3 is 2. The lowest BCUT2D eigenvalue weighted by atomic mass is 9.80. The molecule has 0 bridgehead atoms. The van der Waals surface area contributed by atoms with Gasteiger partial charge in [-0.25, -0.2) is 9.78 Å². The summed E-state index contributed by atoms with van der Waals surface area (Å²) in [7, 11) is 3.01. The minimum atomic E-state index is -1.60. The van der Waals surface area contributed by atoms with Gasteiger partial charge in [0.2, 0.25) is 23.0 Å². The van der Waals surface area contributed by atoms with Crippen molar-refractivity contribution in [3.05, 3.63) is 177 Å². The van der Waals surface area contributed by atoms with Crippen molar-refractivity contribution in [2.75, 3.05) is 25.7 Å². The van der Waals surface area contributed by atoms with E-state index in [1.54, 1.807) is 18.3 Å². The van der Waals surface area contributed by atoms with Gasteiger partial charge in [0.1, 0.15) is 5.82 Å². The van der Waals surface area contributed by atoms with Crippen LogP contribution >= 0.6 is 11.6 Å². The van der Waals surface area contributed by atoms with Gasteiger partial charge in [-0.05, 0) is 35.9 Å². The SMILES string of the molecule is COc1cc(Cc2cnc(N)nc2N)cc(C#Cc2ccc(C(=O)C(=NOC(c3ccccc3)(c3ccccc3)c3ccccc3)C(=O)O)c(Cl)c2)c1OC. The Balaban J connectivity index is 1.34. The average molecular weight is 752 g/mol. The molecule has 0 atom stereocenters. The zero-order chi connectivity index (χ0) is 39.0. The van der Waals surface area contributed by atoms with Crippen molar-refractivity contribution in [1.82, 2.24) is 9.97 Å². The van der Waals surface area contributed by atoms with E-state index < -0.39 is 23.1 Å². The molecule has 5 aromatic carbocycles. The molecule has 0 spiro atoms. The molecule has 6 aromatic rings. The maximum absolute atomic E-state index is 13.8. The van der Waals surface area contributed by atoms with Crippen LogP contribution in [0.15, 0.2) is 133 Å². The summed E-state index contributed by atoms with van der Waals surface area (Å²) in [4.78, 5) is 40.8. The van der Waals surface area contributed by atoms with E-state index in [1.807, 2.05) is 97.1 Å². The number of Topliss-reactive ketones (excluding diaryl/α,β-unsaturated/α-hetero) is 1. The molecule has 0 radical (unpaired) electrons. The predicted octanol–water partition coefficient (Wildman–Crippen LogP) is 6.93. The van der Waals surface area contributed by atoms with Gasteiger partial charge in [0.15, 0.2) is 11.5 Å². The first-order valence-electron chi connectivity index (χ1n) is 16.8. The second-order valence-electron chi connectivity index (χ2n) is 12.1. The van der Waals surface area contributed by atoms with Gasteiger partial charge in [0, 0.05) is 46.0 Å². The zero-order valence-electron chi connectivity index (χ0n) is 29.7. The van der Waals surface area contributed by atoms with Gasteiger partial charge in [-0.1, -0.05) is 120 Å². The van der Waals surface area contributed by atoms with Crippen LogP contribution in [0.3, 0.4) is 0 Å². The first kappa shape index (κ1) is 37.6. The van der Waals surface area contributed by atoms with Gasteiger partial charge in [0.05, 0.1) is 24.8 Å². The van der Waals surface area contributed by atoms with Crippen LogP contribution in [0.2, 0.25) is 5.02 Å². The predicted molar refractivity (Wildman–Crippen MR) is 210 cm³/mol. The van der Waals surface area contributed by atoms with E-state index in [-0.39, 0.29) is 22.4 Å². The number of aromatic nitrogens is 2. The first-order chi connectivity index (χ1) is 26.6. The smallest absolute Gasteiger partial charge is 0.362 e. The standard InChI is InChI=1S/C43H34ClN5O6/c1-53-36-25-28(23-30-26-47-42(46)48-40(30)45)22-29(39(36)54-2)20-18-27-19-21-34(35(44)24-27)38(50)37(41(51)52)49-55-43(31-12-6-3-7-13-31,32-14-8-4-9-15-32)33-16-10-5-11-17-33/h3-17,19,21-22,24-26H,23H2,1-2H3,(H,51,52)(H4,45,46,47,48). The second-order valence-corrected chi connectivity index (χ2v) is 12.5. The van der Waals surface area contributed by atoms with E-state index in [9.17, 15) is 14.7 Å². The number of benzene rings is 5. The highest BCUT2D eigenvalue weighted by Crippen LogP contribution is 2.41. The number of halogens is 1. The Labute approximate surface area is 322 Å². The molecule has 0 saturated heterocycles.